The van der Waals surface area contributed by atoms with Crippen molar-refractivity contribution in [1.82, 2.24) is 10.2 Å². The summed E-state index contributed by atoms with van der Waals surface area (Å²) in [6.07, 6.45) is 2.83. The van der Waals surface area contributed by atoms with Crippen LogP contribution in [0.5, 0.6) is 0 Å². The third-order valence-electron chi connectivity index (χ3n) is 3.15. The third kappa shape index (κ3) is 3.75. The fourth-order valence-corrected chi connectivity index (χ4v) is 2.03. The molecule has 0 amide bonds. The highest BCUT2D eigenvalue weighted by atomic mass is 16.5. The number of hydrogen-bond acceptors (Lipinski definition) is 4. The van der Waals surface area contributed by atoms with Crippen molar-refractivity contribution in [3.63, 3.8) is 0 Å². The van der Waals surface area contributed by atoms with E-state index < -0.39 is 0 Å². The predicted octanol–water partition coefficient (Wildman–Crippen LogP) is 0.989. The second-order valence-corrected chi connectivity index (χ2v) is 4.78. The van der Waals surface area contributed by atoms with Crippen molar-refractivity contribution >= 4 is 0 Å². The summed E-state index contributed by atoms with van der Waals surface area (Å²) in [6, 6.07) is 2.45. The van der Waals surface area contributed by atoms with Crippen LogP contribution in [0.1, 0.15) is 26.2 Å². The first-order chi connectivity index (χ1) is 7.62. The van der Waals surface area contributed by atoms with Gasteiger partial charge in [0.05, 0.1) is 12.2 Å². The van der Waals surface area contributed by atoms with Crippen LogP contribution in [0, 0.1) is 11.3 Å². The van der Waals surface area contributed by atoms with Crippen molar-refractivity contribution in [3.05, 3.63) is 0 Å². The van der Waals surface area contributed by atoms with E-state index in [2.05, 4.69) is 23.2 Å². The quantitative estimate of drug-likeness (QED) is 0.758. The van der Waals surface area contributed by atoms with Crippen LogP contribution in [0.2, 0.25) is 0 Å². The molecule has 1 fully saturated rings. The Morgan fingerprint density at radius 3 is 2.88 bits per heavy atom. The average Bonchev–Trinajstić information content (AvgIpc) is 2.29. The minimum Gasteiger partial charge on any atom is -0.378 e. The Kier molecular flexibility index (Phi) is 5.20. The Morgan fingerprint density at radius 1 is 1.56 bits per heavy atom. The number of nitriles is 1. The number of hydrogen-bond donors (Lipinski definition) is 1. The SMILES string of the molecule is CCC1CC(C#N)(NCCN(C)C)CCO1. The normalized spacial score (nSPS) is 30.3. The van der Waals surface area contributed by atoms with Gasteiger partial charge in [-0.15, -0.1) is 0 Å². The number of nitrogens with zero attached hydrogens (tertiary/aromatic N) is 2. The van der Waals surface area contributed by atoms with Gasteiger partial charge >= 0.3 is 0 Å². The fourth-order valence-electron chi connectivity index (χ4n) is 2.03. The van der Waals surface area contributed by atoms with E-state index in [1.165, 1.54) is 0 Å². The Morgan fingerprint density at radius 2 is 2.31 bits per heavy atom. The summed E-state index contributed by atoms with van der Waals surface area (Å²) in [7, 11) is 4.08. The highest BCUT2D eigenvalue weighted by molar-refractivity contribution is 5.09. The Hall–Kier alpha value is -0.630. The number of likely N-dealkylation sites (N-methyl/N-ethyl adjacent to an activating group) is 1. The van der Waals surface area contributed by atoms with E-state index in [1.54, 1.807) is 0 Å². The van der Waals surface area contributed by atoms with Gasteiger partial charge in [0.15, 0.2) is 0 Å². The summed E-state index contributed by atoms with van der Waals surface area (Å²) < 4.78 is 5.61. The molecule has 0 bridgehead atoms. The van der Waals surface area contributed by atoms with E-state index in [1.807, 2.05) is 14.1 Å². The van der Waals surface area contributed by atoms with Crippen LogP contribution in [0.3, 0.4) is 0 Å². The molecule has 1 aliphatic rings. The Bertz CT molecular complexity index is 249. The molecule has 1 aliphatic heterocycles. The molecular weight excluding hydrogens is 202 g/mol. The van der Waals surface area contributed by atoms with Gasteiger partial charge in [-0.2, -0.15) is 5.26 Å². The second-order valence-electron chi connectivity index (χ2n) is 4.78. The lowest BCUT2D eigenvalue weighted by Crippen LogP contribution is -2.52. The van der Waals surface area contributed by atoms with Crippen LogP contribution < -0.4 is 5.32 Å². The van der Waals surface area contributed by atoms with Crippen LogP contribution in [0.15, 0.2) is 0 Å². The molecule has 1 rings (SSSR count). The fraction of sp³-hybridized carbons (Fsp3) is 0.917. The molecule has 16 heavy (non-hydrogen) atoms. The molecule has 2 atom stereocenters. The topological polar surface area (TPSA) is 48.3 Å². The van der Waals surface area contributed by atoms with Gasteiger partial charge in [0.25, 0.3) is 0 Å². The Labute approximate surface area is 98.6 Å². The van der Waals surface area contributed by atoms with Crippen LogP contribution in [-0.2, 0) is 4.74 Å². The maximum Gasteiger partial charge on any atom is 0.111 e. The molecule has 1 saturated heterocycles. The molecule has 0 aliphatic carbocycles. The van der Waals surface area contributed by atoms with Crippen LogP contribution in [-0.4, -0.2) is 50.3 Å². The monoisotopic (exact) mass is 225 g/mol. The Balaban J connectivity index is 2.46. The molecule has 4 heteroatoms. The number of rotatable bonds is 5. The van der Waals surface area contributed by atoms with Crippen molar-refractivity contribution in [1.29, 1.82) is 5.26 Å². The third-order valence-corrected chi connectivity index (χ3v) is 3.15. The van der Waals surface area contributed by atoms with Crippen LogP contribution in [0.25, 0.3) is 0 Å². The van der Waals surface area contributed by atoms with Gasteiger partial charge in [0, 0.05) is 32.5 Å². The second kappa shape index (κ2) is 6.19. The van der Waals surface area contributed by atoms with Gasteiger partial charge in [-0.25, -0.2) is 0 Å². The molecule has 92 valence electrons. The maximum atomic E-state index is 9.34. The summed E-state index contributed by atoms with van der Waals surface area (Å²) in [5.74, 6) is 0. The lowest BCUT2D eigenvalue weighted by Gasteiger charge is -2.36. The van der Waals surface area contributed by atoms with E-state index in [4.69, 9.17) is 4.74 Å². The van der Waals surface area contributed by atoms with Gasteiger partial charge in [-0.1, -0.05) is 6.92 Å². The lowest BCUT2D eigenvalue weighted by atomic mass is 9.87. The number of ether oxygens (including phenoxy) is 1. The van der Waals surface area contributed by atoms with Crippen molar-refractivity contribution in [2.45, 2.75) is 37.8 Å². The van der Waals surface area contributed by atoms with Crippen molar-refractivity contribution < 1.29 is 4.74 Å². The van der Waals surface area contributed by atoms with Crippen LogP contribution >= 0.6 is 0 Å². The standard InChI is InChI=1S/C12H23N3O/c1-4-11-9-12(10-13,5-8-16-11)14-6-7-15(2)3/h11,14H,4-9H2,1-3H3. The first-order valence-electron chi connectivity index (χ1n) is 6.04. The minimum absolute atomic E-state index is 0.236. The highest BCUT2D eigenvalue weighted by Gasteiger charge is 2.36. The predicted molar refractivity (Wildman–Crippen MR) is 64.2 cm³/mol. The number of nitrogens with one attached hydrogen (secondary N) is 1. The van der Waals surface area contributed by atoms with Crippen molar-refractivity contribution in [3.8, 4) is 6.07 Å². The first-order valence-corrected chi connectivity index (χ1v) is 6.04. The summed E-state index contributed by atoms with van der Waals surface area (Å²) in [6.45, 7) is 4.62. The van der Waals surface area contributed by atoms with E-state index in [0.717, 1.165) is 32.4 Å². The first kappa shape index (κ1) is 13.4. The largest absolute Gasteiger partial charge is 0.378 e. The van der Waals surface area contributed by atoms with Gasteiger partial charge in [0.2, 0.25) is 0 Å². The minimum atomic E-state index is -0.366. The molecule has 0 radical (unpaired) electrons. The van der Waals surface area contributed by atoms with Crippen molar-refractivity contribution in [2.24, 2.45) is 0 Å². The molecule has 1 heterocycles. The molecule has 0 aromatic rings. The van der Waals surface area contributed by atoms with Gasteiger partial charge < -0.3 is 9.64 Å². The summed E-state index contributed by atoms with van der Waals surface area (Å²) in [5, 5.41) is 12.7. The van der Waals surface area contributed by atoms with E-state index >= 15 is 0 Å². The van der Waals surface area contributed by atoms with Crippen molar-refractivity contribution in [2.75, 3.05) is 33.8 Å². The van der Waals surface area contributed by atoms with Gasteiger partial charge in [-0.3, -0.25) is 5.32 Å². The van der Waals surface area contributed by atoms with E-state index in [9.17, 15) is 5.26 Å². The highest BCUT2D eigenvalue weighted by Crippen LogP contribution is 2.25. The summed E-state index contributed by atoms with van der Waals surface area (Å²) in [5.41, 5.74) is -0.366. The summed E-state index contributed by atoms with van der Waals surface area (Å²) >= 11 is 0. The molecule has 1 N–H and O–H groups in total. The zero-order valence-electron chi connectivity index (χ0n) is 10.6. The van der Waals surface area contributed by atoms with E-state index in [0.29, 0.717) is 6.61 Å². The summed E-state index contributed by atoms with van der Waals surface area (Å²) in [4.78, 5) is 2.12. The molecule has 0 aromatic carbocycles. The van der Waals surface area contributed by atoms with Gasteiger partial charge in [0.1, 0.15) is 5.54 Å². The van der Waals surface area contributed by atoms with Crippen LogP contribution in [0.4, 0.5) is 0 Å². The zero-order valence-corrected chi connectivity index (χ0v) is 10.6. The smallest absolute Gasteiger partial charge is 0.111 e. The van der Waals surface area contributed by atoms with E-state index in [-0.39, 0.29) is 11.6 Å². The molecule has 4 nitrogen and oxygen atoms in total. The molecule has 0 saturated carbocycles. The molecule has 0 aromatic heterocycles. The van der Waals surface area contributed by atoms with Gasteiger partial charge in [-0.05, 0) is 20.5 Å². The molecular formula is C12H23N3O. The zero-order chi connectivity index (χ0) is 12.0. The molecule has 2 unspecified atom stereocenters. The average molecular weight is 225 g/mol. The lowest BCUT2D eigenvalue weighted by molar-refractivity contribution is -0.0159. The molecule has 0 spiro atoms. The maximum absolute atomic E-state index is 9.34.